The standard InChI is InChI=1S/C39H42FN5O8S/c40-25-11-8-9-23(19-25)32-33-28(27-12-6-7-13-29(27)41-32)17-18-38(53-33)21-31-34(46)43-39(36(48)44-54(51,52)26-15-16-26)20-24(39)10-4-2-1-3-5-14-30(42-37(49)50)35(47)45(31)22-38/h4,6-13,19,24,26,30-31,42H,1-3,5,14-18,20-22H2,(H,43,46)(H,44,48)(H,49,50)/b10-4-/t24-,30+,31+,38-,39-/m1/s1. The minimum atomic E-state index is -3.92. The third kappa shape index (κ3) is 6.78. The Bertz CT molecular complexity index is 2190. The monoisotopic (exact) mass is 759 g/mol. The van der Waals surface area contributed by atoms with E-state index < -0.39 is 74.0 Å². The van der Waals surface area contributed by atoms with Crippen molar-refractivity contribution in [1.82, 2.24) is 25.2 Å². The molecule has 3 aromatic rings. The lowest BCUT2D eigenvalue weighted by atomic mass is 9.86. The van der Waals surface area contributed by atoms with Gasteiger partial charge in [0.1, 0.15) is 40.5 Å². The largest absolute Gasteiger partial charge is 0.483 e. The first-order valence-corrected chi connectivity index (χ1v) is 20.1. The van der Waals surface area contributed by atoms with Crippen LogP contribution in [-0.4, -0.2) is 82.2 Å². The number of halogens is 1. The molecular weight excluding hydrogens is 718 g/mol. The maximum absolute atomic E-state index is 14.6. The van der Waals surface area contributed by atoms with Crippen molar-refractivity contribution in [3.63, 3.8) is 0 Å². The fourth-order valence-corrected chi connectivity index (χ4v) is 9.73. The summed E-state index contributed by atoms with van der Waals surface area (Å²) in [6, 6.07) is 11.2. The van der Waals surface area contributed by atoms with Crippen LogP contribution in [0.2, 0.25) is 0 Å². The number of pyridine rings is 1. The molecule has 15 heteroatoms. The number of hydrogen-bond acceptors (Lipinski definition) is 8. The van der Waals surface area contributed by atoms with Gasteiger partial charge in [-0.1, -0.05) is 55.3 Å². The molecule has 0 radical (unpaired) electrons. The highest BCUT2D eigenvalue weighted by Crippen LogP contribution is 2.49. The quantitative estimate of drug-likeness (QED) is 0.275. The van der Waals surface area contributed by atoms with Gasteiger partial charge >= 0.3 is 6.09 Å². The molecule has 4 heterocycles. The molecule has 3 fully saturated rings. The number of carbonyl (C=O) groups is 4. The van der Waals surface area contributed by atoms with E-state index in [-0.39, 0.29) is 25.8 Å². The molecule has 1 aromatic heterocycles. The van der Waals surface area contributed by atoms with Crippen molar-refractivity contribution in [3.05, 3.63) is 72.1 Å². The summed E-state index contributed by atoms with van der Waals surface area (Å²) in [5.74, 6) is -2.60. The molecule has 5 atom stereocenters. The molecule has 4 amide bonds. The predicted molar refractivity (Wildman–Crippen MR) is 195 cm³/mol. The first-order valence-electron chi connectivity index (χ1n) is 18.6. The third-order valence-corrected chi connectivity index (χ3v) is 13.3. The Kier molecular flexibility index (Phi) is 9.10. The molecule has 2 aromatic carbocycles. The van der Waals surface area contributed by atoms with Gasteiger partial charge in [0.25, 0.3) is 5.91 Å². The van der Waals surface area contributed by atoms with E-state index in [2.05, 4.69) is 15.4 Å². The third-order valence-electron chi connectivity index (χ3n) is 11.5. The number of amides is 4. The van der Waals surface area contributed by atoms with E-state index in [9.17, 15) is 37.1 Å². The summed E-state index contributed by atoms with van der Waals surface area (Å²) < 4.78 is 49.4. The molecule has 0 unspecified atom stereocenters. The van der Waals surface area contributed by atoms with E-state index in [1.807, 2.05) is 36.4 Å². The number of aryl methyl sites for hydroxylation is 1. The average Bonchev–Trinajstić information content (AvgIpc) is 4.07. The van der Waals surface area contributed by atoms with Crippen LogP contribution < -0.4 is 20.1 Å². The normalized spacial score (nSPS) is 29.1. The summed E-state index contributed by atoms with van der Waals surface area (Å²) in [5.41, 5.74) is -0.227. The van der Waals surface area contributed by atoms with Gasteiger partial charge < -0.3 is 25.4 Å². The van der Waals surface area contributed by atoms with Gasteiger partial charge in [0.15, 0.2) is 0 Å². The minimum Gasteiger partial charge on any atom is -0.483 e. The zero-order chi connectivity index (χ0) is 37.8. The molecule has 2 saturated carbocycles. The molecule has 54 heavy (non-hydrogen) atoms. The van der Waals surface area contributed by atoms with Crippen LogP contribution in [0.5, 0.6) is 5.75 Å². The molecule has 8 rings (SSSR count). The molecule has 3 aliphatic heterocycles. The lowest BCUT2D eigenvalue weighted by molar-refractivity contribution is -0.141. The van der Waals surface area contributed by atoms with Crippen LogP contribution in [0.1, 0.15) is 69.8 Å². The summed E-state index contributed by atoms with van der Waals surface area (Å²) >= 11 is 0. The number of carbonyl (C=O) groups excluding carboxylic acids is 3. The Balaban J connectivity index is 1.17. The second-order valence-corrected chi connectivity index (χ2v) is 17.2. The maximum atomic E-state index is 14.6. The van der Waals surface area contributed by atoms with Crippen LogP contribution in [0.15, 0.2) is 60.7 Å². The molecule has 1 saturated heterocycles. The molecule has 284 valence electrons. The number of sulfonamides is 1. The van der Waals surface area contributed by atoms with Gasteiger partial charge in [0.05, 0.1) is 17.3 Å². The fourth-order valence-electron chi connectivity index (χ4n) is 8.36. The molecule has 1 spiro atoms. The molecule has 2 aliphatic carbocycles. The number of hydrogen-bond donors (Lipinski definition) is 4. The molecule has 4 N–H and O–H groups in total. The van der Waals surface area contributed by atoms with E-state index in [0.717, 1.165) is 17.4 Å². The Morgan fingerprint density at radius 1 is 1.04 bits per heavy atom. The molecular formula is C39H42FN5O8S. The van der Waals surface area contributed by atoms with E-state index in [4.69, 9.17) is 9.72 Å². The zero-order valence-corrected chi connectivity index (χ0v) is 30.4. The average molecular weight is 760 g/mol. The van der Waals surface area contributed by atoms with Crippen LogP contribution >= 0.6 is 0 Å². The van der Waals surface area contributed by atoms with Crippen LogP contribution in [0.25, 0.3) is 22.2 Å². The SMILES string of the molecule is O=C(O)N[C@H]1CCCCC/C=C\[C@@H]2C[C@@]2(C(=O)NS(=O)(=O)C2CC2)NC(=O)[C@@H]2C[C@]3(CCc4c(c(-c5cccc(F)c5)nc5ccccc45)O3)CN2C1=O. The van der Waals surface area contributed by atoms with Crippen molar-refractivity contribution >= 4 is 44.7 Å². The highest BCUT2D eigenvalue weighted by atomic mass is 32.2. The number of para-hydroxylation sites is 1. The summed E-state index contributed by atoms with van der Waals surface area (Å²) in [5, 5.41) is 15.2. The maximum Gasteiger partial charge on any atom is 0.405 e. The van der Waals surface area contributed by atoms with Crippen molar-refractivity contribution < 1.29 is 41.8 Å². The van der Waals surface area contributed by atoms with Gasteiger partial charge in [-0.05, 0) is 69.6 Å². The zero-order valence-electron chi connectivity index (χ0n) is 29.6. The van der Waals surface area contributed by atoms with Gasteiger partial charge in [-0.25, -0.2) is 22.6 Å². The highest BCUT2D eigenvalue weighted by Gasteiger charge is 2.63. The van der Waals surface area contributed by atoms with Crippen molar-refractivity contribution in [1.29, 1.82) is 0 Å². The van der Waals surface area contributed by atoms with Gasteiger partial charge in [-0.15, -0.1) is 0 Å². The number of ether oxygens (including phenoxy) is 1. The van der Waals surface area contributed by atoms with E-state index in [1.165, 1.54) is 17.0 Å². The first-order chi connectivity index (χ1) is 25.9. The minimum absolute atomic E-state index is 0.00218. The lowest BCUT2D eigenvalue weighted by Crippen LogP contribution is -2.58. The summed E-state index contributed by atoms with van der Waals surface area (Å²) in [4.78, 5) is 60.9. The summed E-state index contributed by atoms with van der Waals surface area (Å²) in [7, 11) is -3.92. The summed E-state index contributed by atoms with van der Waals surface area (Å²) in [6.07, 6.45) is 7.19. The number of rotatable bonds is 5. The Labute approximate surface area is 311 Å². The van der Waals surface area contributed by atoms with Gasteiger partial charge in [-0.3, -0.25) is 19.1 Å². The number of benzene rings is 2. The van der Waals surface area contributed by atoms with Crippen LogP contribution in [0, 0.1) is 11.7 Å². The van der Waals surface area contributed by atoms with Crippen molar-refractivity contribution in [2.24, 2.45) is 5.92 Å². The number of carboxylic acid groups (broad SMARTS) is 1. The van der Waals surface area contributed by atoms with E-state index >= 15 is 0 Å². The predicted octanol–water partition coefficient (Wildman–Crippen LogP) is 4.35. The van der Waals surface area contributed by atoms with Gasteiger partial charge in [0.2, 0.25) is 21.8 Å². The molecule has 13 nitrogen and oxygen atoms in total. The highest BCUT2D eigenvalue weighted by molar-refractivity contribution is 7.91. The Morgan fingerprint density at radius 3 is 2.63 bits per heavy atom. The van der Waals surface area contributed by atoms with Crippen LogP contribution in [-0.2, 0) is 30.8 Å². The number of aromatic nitrogens is 1. The topological polar surface area (TPSA) is 184 Å². The summed E-state index contributed by atoms with van der Waals surface area (Å²) in [6.45, 7) is -0.0742. The van der Waals surface area contributed by atoms with Gasteiger partial charge in [-0.2, -0.15) is 0 Å². The number of allylic oxidation sites excluding steroid dienone is 1. The smallest absolute Gasteiger partial charge is 0.405 e. The van der Waals surface area contributed by atoms with Crippen LogP contribution in [0.3, 0.4) is 0 Å². The first kappa shape index (κ1) is 36.0. The van der Waals surface area contributed by atoms with E-state index in [1.54, 1.807) is 12.1 Å². The second-order valence-electron chi connectivity index (χ2n) is 15.3. The molecule has 5 aliphatic rings. The molecule has 0 bridgehead atoms. The van der Waals surface area contributed by atoms with Crippen LogP contribution in [0.4, 0.5) is 9.18 Å². The van der Waals surface area contributed by atoms with Crippen molar-refractivity contribution in [2.45, 2.75) is 99.1 Å². The lowest BCUT2D eigenvalue weighted by Gasteiger charge is -2.37. The second kappa shape index (κ2) is 13.7. The Hall–Kier alpha value is -5.05. The van der Waals surface area contributed by atoms with E-state index in [0.29, 0.717) is 67.5 Å². The fraction of sp³-hybridized carbons (Fsp3) is 0.462. The Morgan fingerprint density at radius 2 is 1.85 bits per heavy atom. The number of fused-ring (bicyclic) bond motifs is 5. The van der Waals surface area contributed by atoms with Gasteiger partial charge in [0, 0.05) is 28.9 Å². The van der Waals surface area contributed by atoms with Crippen molar-refractivity contribution in [2.75, 3.05) is 6.54 Å². The number of nitrogens with one attached hydrogen (secondary N) is 3. The number of nitrogens with zero attached hydrogens (tertiary/aromatic N) is 2. The van der Waals surface area contributed by atoms with Crippen molar-refractivity contribution in [3.8, 4) is 17.0 Å².